The quantitative estimate of drug-likeness (QED) is 0.385. The summed E-state index contributed by atoms with van der Waals surface area (Å²) < 4.78 is 5.22. The van der Waals surface area contributed by atoms with Crippen molar-refractivity contribution in [1.82, 2.24) is 10.3 Å². The third kappa shape index (κ3) is 3.80. The summed E-state index contributed by atoms with van der Waals surface area (Å²) in [6.45, 7) is 3.98. The first-order chi connectivity index (χ1) is 13.7. The average Bonchev–Trinajstić information content (AvgIpc) is 3.31. The Balaban J connectivity index is 1.58. The van der Waals surface area contributed by atoms with E-state index >= 15 is 0 Å². The Bertz CT molecular complexity index is 990. The van der Waals surface area contributed by atoms with Crippen LogP contribution in [-0.2, 0) is 6.42 Å². The van der Waals surface area contributed by atoms with Crippen molar-refractivity contribution >= 4 is 39.0 Å². The minimum atomic E-state index is -0.433. The van der Waals surface area contributed by atoms with Crippen LogP contribution in [0.3, 0.4) is 0 Å². The molecule has 0 atom stereocenters. The number of unbranched alkanes of at least 4 members (excludes halogenated alkanes) is 1. The molecule has 1 aliphatic heterocycles. The van der Waals surface area contributed by atoms with Crippen LogP contribution in [0.15, 0.2) is 27.8 Å². The van der Waals surface area contributed by atoms with E-state index in [1.54, 1.807) is 11.0 Å². The number of pyridine rings is 1. The Morgan fingerprint density at radius 3 is 2.96 bits per heavy atom. The van der Waals surface area contributed by atoms with Gasteiger partial charge in [0.15, 0.2) is 0 Å². The summed E-state index contributed by atoms with van der Waals surface area (Å²) in [5.74, 6) is -0.262. The van der Waals surface area contributed by atoms with Gasteiger partial charge in [-0.05, 0) is 44.2 Å². The molecule has 0 aliphatic carbocycles. The Morgan fingerprint density at radius 2 is 2.18 bits per heavy atom. The van der Waals surface area contributed by atoms with E-state index in [0.717, 1.165) is 61.1 Å². The highest BCUT2D eigenvalue weighted by atomic mass is 32.1. The SMILES string of the molecule is CCCCc1ccc2c(N)c(/C([O-])=N/c3c[n+](N4CCCCC4)no3)sc2n1. The highest BCUT2D eigenvalue weighted by Crippen LogP contribution is 2.33. The maximum atomic E-state index is 12.7. The molecule has 1 aliphatic rings. The summed E-state index contributed by atoms with van der Waals surface area (Å²) in [4.78, 5) is 11.5. The van der Waals surface area contributed by atoms with E-state index in [0.29, 0.717) is 10.6 Å². The predicted molar refractivity (Wildman–Crippen MR) is 107 cm³/mol. The van der Waals surface area contributed by atoms with E-state index < -0.39 is 5.90 Å². The molecule has 148 valence electrons. The minimum Gasteiger partial charge on any atom is -0.857 e. The molecule has 0 spiro atoms. The number of aryl methyl sites for hydroxylation is 1. The highest BCUT2D eigenvalue weighted by molar-refractivity contribution is 7.21. The molecule has 0 aromatic carbocycles. The number of nitrogen functional groups attached to an aromatic ring is 1. The van der Waals surface area contributed by atoms with Crippen LogP contribution in [0.2, 0.25) is 0 Å². The second-order valence-electron chi connectivity index (χ2n) is 7.00. The summed E-state index contributed by atoms with van der Waals surface area (Å²) in [5.41, 5.74) is 7.64. The van der Waals surface area contributed by atoms with Gasteiger partial charge in [-0.1, -0.05) is 13.3 Å². The van der Waals surface area contributed by atoms with Gasteiger partial charge in [-0.2, -0.15) is 5.01 Å². The molecule has 1 fully saturated rings. The lowest BCUT2D eigenvalue weighted by Crippen LogP contribution is -2.60. The van der Waals surface area contributed by atoms with Crippen LogP contribution in [0.1, 0.15) is 49.6 Å². The summed E-state index contributed by atoms with van der Waals surface area (Å²) in [7, 11) is 0. The van der Waals surface area contributed by atoms with Crippen molar-refractivity contribution in [3.63, 3.8) is 0 Å². The molecule has 0 unspecified atom stereocenters. The Morgan fingerprint density at radius 1 is 1.36 bits per heavy atom. The van der Waals surface area contributed by atoms with Gasteiger partial charge in [0.1, 0.15) is 4.83 Å². The number of hydrogen-bond donors (Lipinski definition) is 1. The molecule has 0 bridgehead atoms. The molecule has 3 aromatic rings. The normalized spacial score (nSPS) is 15.5. The van der Waals surface area contributed by atoms with Gasteiger partial charge in [0.2, 0.25) is 5.27 Å². The molecule has 0 radical (unpaired) electrons. The van der Waals surface area contributed by atoms with Gasteiger partial charge in [-0.25, -0.2) is 9.98 Å². The number of nitrogens with two attached hydrogens (primary N) is 1. The summed E-state index contributed by atoms with van der Waals surface area (Å²) in [5, 5.41) is 19.5. The van der Waals surface area contributed by atoms with Crippen LogP contribution in [0.5, 0.6) is 0 Å². The van der Waals surface area contributed by atoms with Crippen LogP contribution in [0, 0.1) is 0 Å². The van der Waals surface area contributed by atoms with E-state index in [4.69, 9.17) is 10.3 Å². The van der Waals surface area contributed by atoms with E-state index in [2.05, 4.69) is 27.2 Å². The van der Waals surface area contributed by atoms with Crippen molar-refractivity contribution in [3.8, 4) is 0 Å². The summed E-state index contributed by atoms with van der Waals surface area (Å²) >= 11 is 1.28. The zero-order valence-electron chi connectivity index (χ0n) is 15.9. The standard InChI is InChI=1S/C19H24N6O2S/c1-2-3-7-13-8-9-14-16(20)17(28-19(14)21-13)18(26)22-15-12-25(23-27-15)24-10-5-4-6-11-24/h8-9,12H,2-7,10-11H2,1H3,(H2-,20,22,23,26). The Hall–Kier alpha value is -2.68. The molecule has 1 saturated heterocycles. The molecular formula is C19H24N6O2S. The van der Waals surface area contributed by atoms with Gasteiger partial charge in [0.25, 0.3) is 6.20 Å². The van der Waals surface area contributed by atoms with Crippen LogP contribution in [0.25, 0.3) is 10.2 Å². The van der Waals surface area contributed by atoms with Crippen molar-refractivity contribution in [3.05, 3.63) is 28.9 Å². The fourth-order valence-electron chi connectivity index (χ4n) is 3.34. The number of aliphatic imine (C=N–C) groups is 1. The van der Waals surface area contributed by atoms with Crippen LogP contribution in [0.4, 0.5) is 11.6 Å². The fourth-order valence-corrected chi connectivity index (χ4v) is 4.33. The zero-order chi connectivity index (χ0) is 19.5. The first kappa shape index (κ1) is 18.7. The number of piperidine rings is 1. The van der Waals surface area contributed by atoms with Gasteiger partial charge in [0.05, 0.1) is 28.4 Å². The molecule has 9 heteroatoms. The first-order valence-electron chi connectivity index (χ1n) is 9.73. The van der Waals surface area contributed by atoms with Gasteiger partial charge in [-0.3, -0.25) is 4.52 Å². The van der Waals surface area contributed by atoms with Crippen molar-refractivity contribution in [2.24, 2.45) is 4.99 Å². The number of thiophene rings is 1. The molecule has 28 heavy (non-hydrogen) atoms. The topological polar surface area (TPSA) is 107 Å². The van der Waals surface area contributed by atoms with E-state index in [1.807, 2.05) is 12.1 Å². The van der Waals surface area contributed by atoms with Crippen molar-refractivity contribution in [2.75, 3.05) is 23.8 Å². The molecular weight excluding hydrogens is 376 g/mol. The molecule has 4 heterocycles. The maximum Gasteiger partial charge on any atom is 0.324 e. The van der Waals surface area contributed by atoms with Crippen LogP contribution in [-0.4, -0.2) is 29.2 Å². The van der Waals surface area contributed by atoms with Gasteiger partial charge < -0.3 is 10.8 Å². The minimum absolute atomic E-state index is 0.170. The smallest absolute Gasteiger partial charge is 0.324 e. The predicted octanol–water partition coefficient (Wildman–Crippen LogP) is 2.06. The van der Waals surface area contributed by atoms with E-state index in [-0.39, 0.29) is 5.88 Å². The highest BCUT2D eigenvalue weighted by Gasteiger charge is 2.22. The lowest BCUT2D eigenvalue weighted by Gasteiger charge is -2.17. The average molecular weight is 401 g/mol. The van der Waals surface area contributed by atoms with Gasteiger partial charge >= 0.3 is 5.88 Å². The van der Waals surface area contributed by atoms with Gasteiger partial charge in [-0.15, -0.1) is 11.3 Å². The number of anilines is 1. The Labute approximate surface area is 167 Å². The van der Waals surface area contributed by atoms with E-state index in [9.17, 15) is 5.11 Å². The third-order valence-electron chi connectivity index (χ3n) is 4.91. The monoisotopic (exact) mass is 400 g/mol. The Kier molecular flexibility index (Phi) is 5.43. The van der Waals surface area contributed by atoms with Crippen molar-refractivity contribution < 1.29 is 14.4 Å². The second kappa shape index (κ2) is 8.14. The summed E-state index contributed by atoms with van der Waals surface area (Å²) in [6.07, 6.45) is 8.23. The fraction of sp³-hybridized carbons (Fsp3) is 0.474. The molecule has 0 amide bonds. The molecule has 2 N–H and O–H groups in total. The largest absolute Gasteiger partial charge is 0.857 e. The lowest BCUT2D eigenvalue weighted by molar-refractivity contribution is -0.759. The zero-order valence-corrected chi connectivity index (χ0v) is 16.7. The van der Waals surface area contributed by atoms with Crippen molar-refractivity contribution in [1.29, 1.82) is 0 Å². The van der Waals surface area contributed by atoms with Crippen LogP contribution < -0.4 is 20.6 Å². The van der Waals surface area contributed by atoms with Crippen molar-refractivity contribution in [2.45, 2.75) is 45.4 Å². The number of nitrogens with zero attached hydrogens (tertiary/aromatic N) is 5. The number of fused-ring (bicyclic) bond motifs is 1. The maximum absolute atomic E-state index is 12.7. The molecule has 8 nitrogen and oxygen atoms in total. The first-order valence-corrected chi connectivity index (χ1v) is 10.5. The molecule has 0 saturated carbocycles. The number of aromatic nitrogens is 3. The second-order valence-corrected chi connectivity index (χ2v) is 7.99. The lowest BCUT2D eigenvalue weighted by atomic mass is 10.1. The molecule has 4 rings (SSSR count). The van der Waals surface area contributed by atoms with Gasteiger partial charge in [0, 0.05) is 17.0 Å². The van der Waals surface area contributed by atoms with E-state index in [1.165, 1.54) is 17.8 Å². The number of rotatable bonds is 6. The number of hydrogen-bond acceptors (Lipinski definition) is 8. The molecule has 3 aromatic heterocycles. The third-order valence-corrected chi connectivity index (χ3v) is 6.01. The van der Waals surface area contributed by atoms with Crippen LogP contribution >= 0.6 is 11.3 Å². The summed E-state index contributed by atoms with van der Waals surface area (Å²) in [6, 6.07) is 3.92.